The number of aliphatic hydroxyl groups is 1. The highest BCUT2D eigenvalue weighted by atomic mass is 32.1. The van der Waals surface area contributed by atoms with E-state index in [0.29, 0.717) is 23.8 Å². The molecule has 0 amide bonds. The number of hydrogen-bond acceptors (Lipinski definition) is 3. The van der Waals surface area contributed by atoms with E-state index in [1.54, 1.807) is 0 Å². The summed E-state index contributed by atoms with van der Waals surface area (Å²) in [4.78, 5) is 17.2. The van der Waals surface area contributed by atoms with E-state index >= 15 is 0 Å². The van der Waals surface area contributed by atoms with Crippen molar-refractivity contribution in [2.75, 3.05) is 19.7 Å². The van der Waals surface area contributed by atoms with Gasteiger partial charge in [0.1, 0.15) is 0 Å². The summed E-state index contributed by atoms with van der Waals surface area (Å²) in [6.07, 6.45) is 2.11. The standard InChI is InChI=1S/C18H25N3O2S/c1-3-4-8-19-18(24)21(9-10-22)12-15-11-14-7-5-6-13(2)16(14)20-17(15)23/h5-7,11,22H,3-4,8-10,12H2,1-2H3,(H,19,24)(H,20,23). The molecule has 0 fully saturated rings. The van der Waals surface area contributed by atoms with Gasteiger partial charge in [-0.3, -0.25) is 4.79 Å². The Hall–Kier alpha value is -1.92. The van der Waals surface area contributed by atoms with Gasteiger partial charge in [0.05, 0.1) is 18.7 Å². The predicted molar refractivity (Wildman–Crippen MR) is 102 cm³/mol. The number of aliphatic hydroxyl groups excluding tert-OH is 1. The first-order valence-corrected chi connectivity index (χ1v) is 8.72. The second-order valence-corrected chi connectivity index (χ2v) is 6.28. The van der Waals surface area contributed by atoms with E-state index in [2.05, 4.69) is 17.2 Å². The minimum Gasteiger partial charge on any atom is -0.395 e. The predicted octanol–water partition coefficient (Wildman–Crippen LogP) is 2.31. The van der Waals surface area contributed by atoms with Gasteiger partial charge in [-0.05, 0) is 42.6 Å². The Morgan fingerprint density at radius 2 is 2.21 bits per heavy atom. The molecule has 130 valence electrons. The summed E-state index contributed by atoms with van der Waals surface area (Å²) in [7, 11) is 0. The van der Waals surface area contributed by atoms with Crippen LogP contribution in [0.25, 0.3) is 10.9 Å². The van der Waals surface area contributed by atoms with E-state index in [1.165, 1.54) is 0 Å². The maximum absolute atomic E-state index is 12.4. The third kappa shape index (κ3) is 4.55. The lowest BCUT2D eigenvalue weighted by Crippen LogP contribution is -2.42. The minimum absolute atomic E-state index is 0.0137. The van der Waals surface area contributed by atoms with Crippen LogP contribution in [0.1, 0.15) is 30.9 Å². The van der Waals surface area contributed by atoms with E-state index in [0.717, 1.165) is 35.9 Å². The Bertz CT molecular complexity index is 758. The number of hydrogen-bond donors (Lipinski definition) is 3. The Labute approximate surface area is 147 Å². The number of pyridine rings is 1. The lowest BCUT2D eigenvalue weighted by molar-refractivity contribution is 0.245. The zero-order valence-corrected chi connectivity index (χ0v) is 15.1. The molecule has 2 rings (SSSR count). The van der Waals surface area contributed by atoms with Crippen LogP contribution in [0.15, 0.2) is 29.1 Å². The molecule has 0 saturated heterocycles. The van der Waals surface area contributed by atoms with Crippen LogP contribution in [0.4, 0.5) is 0 Å². The molecule has 0 aliphatic carbocycles. The van der Waals surface area contributed by atoms with Crippen LogP contribution in [0, 0.1) is 6.92 Å². The quantitative estimate of drug-likeness (QED) is 0.530. The number of nitrogens with zero attached hydrogens (tertiary/aromatic N) is 1. The smallest absolute Gasteiger partial charge is 0.253 e. The molecule has 1 heterocycles. The van der Waals surface area contributed by atoms with Crippen LogP contribution in [0.3, 0.4) is 0 Å². The van der Waals surface area contributed by atoms with E-state index in [4.69, 9.17) is 12.2 Å². The van der Waals surface area contributed by atoms with Crippen molar-refractivity contribution in [1.29, 1.82) is 0 Å². The number of benzene rings is 1. The molecule has 0 aliphatic heterocycles. The van der Waals surface area contributed by atoms with Gasteiger partial charge in [0.2, 0.25) is 0 Å². The van der Waals surface area contributed by atoms with Gasteiger partial charge in [0.15, 0.2) is 5.11 Å². The SMILES string of the molecule is CCCCNC(=S)N(CCO)Cc1cc2cccc(C)c2[nH]c1=O. The van der Waals surface area contributed by atoms with Crippen molar-refractivity contribution >= 4 is 28.2 Å². The van der Waals surface area contributed by atoms with E-state index in [9.17, 15) is 9.90 Å². The highest BCUT2D eigenvalue weighted by Gasteiger charge is 2.13. The topological polar surface area (TPSA) is 68.4 Å². The number of thiocarbonyl (C=S) groups is 1. The molecule has 0 bridgehead atoms. The third-order valence-corrected chi connectivity index (χ3v) is 4.39. The number of para-hydroxylation sites is 1. The van der Waals surface area contributed by atoms with Crippen LogP contribution in [-0.2, 0) is 6.54 Å². The molecular formula is C18H25N3O2S. The summed E-state index contributed by atoms with van der Waals surface area (Å²) in [6, 6.07) is 7.83. The number of unbranched alkanes of at least 4 members (excludes halogenated alkanes) is 1. The maximum Gasteiger partial charge on any atom is 0.253 e. The van der Waals surface area contributed by atoms with Crippen molar-refractivity contribution in [1.82, 2.24) is 15.2 Å². The number of nitrogens with one attached hydrogen (secondary N) is 2. The van der Waals surface area contributed by atoms with Crippen LogP contribution in [-0.4, -0.2) is 39.8 Å². The summed E-state index contributed by atoms with van der Waals surface area (Å²) in [5.41, 5.74) is 2.43. The number of rotatable bonds is 7. The molecule has 24 heavy (non-hydrogen) atoms. The van der Waals surface area contributed by atoms with Crippen LogP contribution in [0.2, 0.25) is 0 Å². The van der Waals surface area contributed by atoms with Crippen LogP contribution >= 0.6 is 12.2 Å². The molecule has 1 aromatic carbocycles. The number of aryl methyl sites for hydroxylation is 1. The molecule has 2 aromatic rings. The van der Waals surface area contributed by atoms with Gasteiger partial charge in [0.25, 0.3) is 5.56 Å². The Kier molecular flexibility index (Phi) is 6.75. The Morgan fingerprint density at radius 1 is 1.42 bits per heavy atom. The lowest BCUT2D eigenvalue weighted by atomic mass is 10.1. The van der Waals surface area contributed by atoms with E-state index < -0.39 is 0 Å². The minimum atomic E-state index is -0.115. The highest BCUT2D eigenvalue weighted by Crippen LogP contribution is 2.15. The van der Waals surface area contributed by atoms with Crippen molar-refractivity contribution in [3.05, 3.63) is 45.7 Å². The average molecular weight is 347 g/mol. The zero-order chi connectivity index (χ0) is 17.5. The summed E-state index contributed by atoms with van der Waals surface area (Å²) < 4.78 is 0. The van der Waals surface area contributed by atoms with Gasteiger partial charge < -0.3 is 20.3 Å². The van der Waals surface area contributed by atoms with Gasteiger partial charge in [0, 0.05) is 18.7 Å². The molecule has 6 heteroatoms. The van der Waals surface area contributed by atoms with Crippen molar-refractivity contribution in [2.24, 2.45) is 0 Å². The highest BCUT2D eigenvalue weighted by molar-refractivity contribution is 7.80. The largest absolute Gasteiger partial charge is 0.395 e. The molecule has 0 aliphatic rings. The molecule has 1 aromatic heterocycles. The number of aromatic nitrogens is 1. The van der Waals surface area contributed by atoms with E-state index in [1.807, 2.05) is 36.1 Å². The van der Waals surface area contributed by atoms with Crippen LogP contribution in [0.5, 0.6) is 0 Å². The average Bonchev–Trinajstić information content (AvgIpc) is 2.56. The summed E-state index contributed by atoms with van der Waals surface area (Å²) >= 11 is 5.40. The van der Waals surface area contributed by atoms with Gasteiger partial charge >= 0.3 is 0 Å². The molecule has 3 N–H and O–H groups in total. The number of H-pyrrole nitrogens is 1. The van der Waals surface area contributed by atoms with Crippen molar-refractivity contribution in [2.45, 2.75) is 33.2 Å². The number of fused-ring (bicyclic) bond motifs is 1. The molecule has 0 atom stereocenters. The van der Waals surface area contributed by atoms with Gasteiger partial charge in [-0.25, -0.2) is 0 Å². The first-order valence-electron chi connectivity index (χ1n) is 8.32. The zero-order valence-electron chi connectivity index (χ0n) is 14.3. The second-order valence-electron chi connectivity index (χ2n) is 5.89. The molecule has 0 unspecified atom stereocenters. The van der Waals surface area contributed by atoms with Gasteiger partial charge in [-0.2, -0.15) is 0 Å². The molecule has 0 radical (unpaired) electrons. The molecule has 5 nitrogen and oxygen atoms in total. The first-order chi connectivity index (χ1) is 11.6. The van der Waals surface area contributed by atoms with Gasteiger partial charge in [-0.15, -0.1) is 0 Å². The summed E-state index contributed by atoms with van der Waals surface area (Å²) in [6.45, 7) is 5.64. The Balaban J connectivity index is 2.22. The first kappa shape index (κ1) is 18.4. The van der Waals surface area contributed by atoms with Crippen molar-refractivity contribution in [3.8, 4) is 0 Å². The fraction of sp³-hybridized carbons (Fsp3) is 0.444. The summed E-state index contributed by atoms with van der Waals surface area (Å²) in [5.74, 6) is 0. The van der Waals surface area contributed by atoms with Gasteiger partial charge in [-0.1, -0.05) is 31.5 Å². The molecule has 0 saturated carbocycles. The summed E-state index contributed by atoms with van der Waals surface area (Å²) in [5, 5.41) is 14.1. The fourth-order valence-electron chi connectivity index (χ4n) is 2.61. The van der Waals surface area contributed by atoms with E-state index in [-0.39, 0.29) is 12.2 Å². The number of aromatic amines is 1. The maximum atomic E-state index is 12.4. The second kappa shape index (κ2) is 8.80. The molecular weight excluding hydrogens is 322 g/mol. The van der Waals surface area contributed by atoms with Crippen LogP contribution < -0.4 is 10.9 Å². The normalized spacial score (nSPS) is 10.8. The third-order valence-electron chi connectivity index (χ3n) is 3.99. The monoisotopic (exact) mass is 347 g/mol. The van der Waals surface area contributed by atoms with Crippen molar-refractivity contribution in [3.63, 3.8) is 0 Å². The molecule has 0 spiro atoms. The lowest BCUT2D eigenvalue weighted by Gasteiger charge is -2.25. The Morgan fingerprint density at radius 3 is 2.92 bits per heavy atom. The van der Waals surface area contributed by atoms with Crippen molar-refractivity contribution < 1.29 is 5.11 Å². The fourth-order valence-corrected chi connectivity index (χ4v) is 2.87.